The minimum absolute atomic E-state index is 0.253. The van der Waals surface area contributed by atoms with Crippen molar-refractivity contribution >= 4 is 35.1 Å². The third kappa shape index (κ3) is 5.54. The first-order valence-corrected chi connectivity index (χ1v) is 10.9. The Morgan fingerprint density at radius 1 is 1.00 bits per heavy atom. The van der Waals surface area contributed by atoms with Crippen molar-refractivity contribution in [1.29, 1.82) is 5.41 Å². The maximum Gasteiger partial charge on any atom is 0.291 e. The number of carbonyl (C=O) groups is 1. The monoisotopic (exact) mass is 483 g/mol. The Hall–Kier alpha value is -5.03. The molecule has 0 aliphatic carbocycles. The van der Waals surface area contributed by atoms with E-state index in [1.807, 2.05) is 48.5 Å². The largest absolute Gasteiger partial charge is 0.407 e. The first-order chi connectivity index (χ1) is 17.5. The van der Waals surface area contributed by atoms with Gasteiger partial charge < -0.3 is 21.5 Å². The number of benzodiazepines with no additional fused rings is 1. The lowest BCUT2D eigenvalue weighted by molar-refractivity contribution is -0.117. The number of hydrogen-bond donors (Lipinski definition) is 6. The molecule has 0 saturated heterocycles. The second-order valence-corrected chi connectivity index (χ2v) is 7.59. The Bertz CT molecular complexity index is 1350. The van der Waals surface area contributed by atoms with Crippen LogP contribution in [-0.2, 0) is 9.53 Å². The van der Waals surface area contributed by atoms with Crippen LogP contribution in [0.5, 0.6) is 0 Å². The number of amides is 1. The molecule has 0 spiro atoms. The molecule has 1 atom stereocenters. The molecule has 3 aromatic rings. The van der Waals surface area contributed by atoms with Crippen LogP contribution in [0.1, 0.15) is 22.3 Å². The molecule has 1 unspecified atom stereocenters. The van der Waals surface area contributed by atoms with E-state index in [0.29, 0.717) is 22.5 Å². The summed E-state index contributed by atoms with van der Waals surface area (Å²) >= 11 is 0. The van der Waals surface area contributed by atoms with Crippen LogP contribution in [-0.4, -0.2) is 42.6 Å². The normalized spacial score (nSPS) is 15.8. The zero-order valence-electron chi connectivity index (χ0n) is 19.4. The Kier molecular flexibility index (Phi) is 7.32. The van der Waals surface area contributed by atoms with Crippen LogP contribution in [0.4, 0.5) is 5.69 Å². The fourth-order valence-corrected chi connectivity index (χ4v) is 3.44. The van der Waals surface area contributed by atoms with E-state index in [4.69, 9.17) is 21.6 Å². The van der Waals surface area contributed by atoms with Crippen molar-refractivity contribution in [1.82, 2.24) is 11.0 Å². The summed E-state index contributed by atoms with van der Waals surface area (Å²) in [5.74, 6) is -0.464. The molecule has 3 aromatic carbocycles. The van der Waals surface area contributed by atoms with Gasteiger partial charge in [0.05, 0.1) is 11.4 Å². The Labute approximate surface area is 207 Å². The zero-order valence-corrected chi connectivity index (χ0v) is 19.4. The van der Waals surface area contributed by atoms with Gasteiger partial charge in [-0.1, -0.05) is 60.7 Å². The molecule has 36 heavy (non-hydrogen) atoms. The second-order valence-electron chi connectivity index (χ2n) is 7.59. The van der Waals surface area contributed by atoms with E-state index in [9.17, 15) is 4.79 Å². The van der Waals surface area contributed by atoms with Gasteiger partial charge in [0.2, 0.25) is 12.1 Å². The molecule has 0 bridgehead atoms. The van der Waals surface area contributed by atoms with Crippen molar-refractivity contribution in [3.63, 3.8) is 0 Å². The van der Waals surface area contributed by atoms with Gasteiger partial charge >= 0.3 is 0 Å². The van der Waals surface area contributed by atoms with Crippen molar-refractivity contribution in [2.24, 2.45) is 26.6 Å². The fourth-order valence-electron chi connectivity index (χ4n) is 3.44. The summed E-state index contributed by atoms with van der Waals surface area (Å²) in [7, 11) is 1.66. The van der Waals surface area contributed by atoms with Gasteiger partial charge in [-0.05, 0) is 18.2 Å². The van der Waals surface area contributed by atoms with Gasteiger partial charge in [-0.15, -0.1) is 5.10 Å². The van der Waals surface area contributed by atoms with Crippen LogP contribution in [0, 0.1) is 5.41 Å². The third-order valence-corrected chi connectivity index (χ3v) is 5.16. The lowest BCUT2D eigenvalue weighted by atomic mass is 10.0. The maximum atomic E-state index is 12.9. The predicted molar refractivity (Wildman–Crippen MR) is 140 cm³/mol. The van der Waals surface area contributed by atoms with Crippen LogP contribution in [0.2, 0.25) is 0 Å². The van der Waals surface area contributed by atoms with Crippen molar-refractivity contribution in [2.75, 3.05) is 12.4 Å². The van der Waals surface area contributed by atoms with Gasteiger partial charge in [0.15, 0.2) is 5.84 Å². The molecular formula is C25H25N9O2. The third-order valence-electron chi connectivity index (χ3n) is 5.16. The summed E-state index contributed by atoms with van der Waals surface area (Å²) in [5.41, 5.74) is 20.9. The number of nitrogens with zero attached hydrogens (tertiary/aromatic N) is 3. The summed E-state index contributed by atoms with van der Waals surface area (Å²) < 4.78 is 5.39. The number of hydrogen-bond acceptors (Lipinski definition) is 8. The number of hydrazine groups is 1. The molecule has 0 radical (unpaired) electrons. The highest BCUT2D eigenvalue weighted by Crippen LogP contribution is 2.24. The maximum absolute atomic E-state index is 12.9. The number of rotatable bonds is 6. The number of amidine groups is 2. The van der Waals surface area contributed by atoms with E-state index < -0.39 is 12.1 Å². The number of hydrazone groups is 1. The van der Waals surface area contributed by atoms with Gasteiger partial charge in [-0.3, -0.25) is 10.2 Å². The van der Waals surface area contributed by atoms with E-state index in [1.54, 1.807) is 37.4 Å². The number of aliphatic imine (C=N–C) groups is 2. The number of nitrogens with one attached hydrogen (secondary N) is 4. The van der Waals surface area contributed by atoms with E-state index >= 15 is 0 Å². The van der Waals surface area contributed by atoms with Crippen LogP contribution in [0.3, 0.4) is 0 Å². The molecular weight excluding hydrogens is 458 g/mol. The fraction of sp³-hybridized carbons (Fsp3) is 0.0800. The van der Waals surface area contributed by atoms with E-state index in [-0.39, 0.29) is 17.8 Å². The molecule has 182 valence electrons. The average molecular weight is 484 g/mol. The standard InChI is InChI=1S/C25H25N9O2/c1-29-34-33-21(26)16-11-13-17(14-12-16)22(27)36-25(28)32-23-24(35)30-19-10-6-5-9-18(19)20(31-23)15-7-3-2-4-8-15/h2-14,23,27,29,34H,1H3,(H2,26,33)(H2,28,32)(H,30,35). The molecule has 4 rings (SSSR count). The molecule has 1 heterocycles. The molecule has 0 aromatic heterocycles. The average Bonchev–Trinajstić information content (AvgIpc) is 3.03. The van der Waals surface area contributed by atoms with Crippen molar-refractivity contribution in [3.05, 3.63) is 101 Å². The second kappa shape index (κ2) is 10.9. The molecule has 11 heteroatoms. The molecule has 1 amide bonds. The lowest BCUT2D eigenvalue weighted by Gasteiger charge is -2.10. The summed E-state index contributed by atoms with van der Waals surface area (Å²) in [5, 5.41) is 15.0. The Morgan fingerprint density at radius 3 is 2.39 bits per heavy atom. The summed E-state index contributed by atoms with van der Waals surface area (Å²) in [6.45, 7) is 0. The molecule has 1 aliphatic heterocycles. The predicted octanol–water partition coefficient (Wildman–Crippen LogP) is 1.50. The van der Waals surface area contributed by atoms with E-state index in [2.05, 4.69) is 31.4 Å². The van der Waals surface area contributed by atoms with Gasteiger partial charge in [-0.25, -0.2) is 16.0 Å². The van der Waals surface area contributed by atoms with Crippen LogP contribution >= 0.6 is 0 Å². The Balaban J connectivity index is 1.56. The van der Waals surface area contributed by atoms with Crippen molar-refractivity contribution < 1.29 is 9.53 Å². The summed E-state index contributed by atoms with van der Waals surface area (Å²) in [6, 6.07) is 23.1. The number of anilines is 1. The van der Waals surface area contributed by atoms with E-state index in [0.717, 1.165) is 11.1 Å². The first kappa shape index (κ1) is 24.1. The smallest absolute Gasteiger partial charge is 0.291 e. The SMILES string of the molecule is CNNN=C(N)c1ccc(C(=N)OC(N)=NC2N=C(c3ccccc3)c3ccccc3NC2=O)cc1. The summed E-state index contributed by atoms with van der Waals surface area (Å²) in [4.78, 5) is 21.6. The quantitative estimate of drug-likeness (QED) is 0.176. The van der Waals surface area contributed by atoms with E-state index in [1.165, 1.54) is 0 Å². The molecule has 1 aliphatic rings. The zero-order chi connectivity index (χ0) is 25.5. The van der Waals surface area contributed by atoms with Crippen LogP contribution < -0.4 is 27.7 Å². The van der Waals surface area contributed by atoms with Crippen LogP contribution in [0.25, 0.3) is 0 Å². The molecule has 11 nitrogen and oxygen atoms in total. The number of nitrogens with two attached hydrogens (primary N) is 2. The van der Waals surface area contributed by atoms with Crippen molar-refractivity contribution in [3.8, 4) is 0 Å². The topological polar surface area (TPSA) is 175 Å². The number of ether oxygens (including phenoxy) is 1. The van der Waals surface area contributed by atoms with Gasteiger partial charge in [0.25, 0.3) is 11.9 Å². The number of carbonyl (C=O) groups excluding carboxylic acids is 1. The number of para-hydroxylation sites is 1. The van der Waals surface area contributed by atoms with Gasteiger partial charge in [0.1, 0.15) is 0 Å². The van der Waals surface area contributed by atoms with Gasteiger partial charge in [-0.2, -0.15) is 4.99 Å². The lowest BCUT2D eigenvalue weighted by Crippen LogP contribution is -2.29. The molecule has 8 N–H and O–H groups in total. The van der Waals surface area contributed by atoms with Gasteiger partial charge in [0, 0.05) is 29.3 Å². The first-order valence-electron chi connectivity index (χ1n) is 10.9. The highest BCUT2D eigenvalue weighted by Gasteiger charge is 2.26. The summed E-state index contributed by atoms with van der Waals surface area (Å²) in [6.07, 6.45) is -1.21. The molecule has 0 saturated carbocycles. The minimum Gasteiger partial charge on any atom is -0.407 e. The Morgan fingerprint density at radius 2 is 1.67 bits per heavy atom. The minimum atomic E-state index is -1.21. The van der Waals surface area contributed by atoms with Crippen LogP contribution in [0.15, 0.2) is 93.9 Å². The highest BCUT2D eigenvalue weighted by atomic mass is 16.5. The highest BCUT2D eigenvalue weighted by molar-refractivity contribution is 6.19. The van der Waals surface area contributed by atoms with Crippen molar-refractivity contribution in [2.45, 2.75) is 6.17 Å². The number of fused-ring (bicyclic) bond motifs is 1. The molecule has 0 fully saturated rings. The number of benzene rings is 3.